The Morgan fingerprint density at radius 1 is 0.866 bits per heavy atom. The minimum atomic E-state index is -1.40. The molecule has 3 atom stereocenters. The van der Waals surface area contributed by atoms with Gasteiger partial charge in [0.25, 0.3) is 11.8 Å². The van der Waals surface area contributed by atoms with Crippen LogP contribution in [0.4, 0.5) is 15.3 Å². The molecule has 19 heteroatoms. The van der Waals surface area contributed by atoms with E-state index in [9.17, 15) is 33.6 Å². The number of amidine groups is 1. The lowest BCUT2D eigenvalue weighted by Crippen LogP contribution is -2.48. The van der Waals surface area contributed by atoms with Gasteiger partial charge in [-0.25, -0.2) is 24.2 Å². The second kappa shape index (κ2) is 22.8. The van der Waals surface area contributed by atoms with Crippen LogP contribution in [0.15, 0.2) is 55.1 Å². The molecule has 67 heavy (non-hydrogen) atoms. The van der Waals surface area contributed by atoms with Gasteiger partial charge in [0.2, 0.25) is 12.6 Å². The zero-order chi connectivity index (χ0) is 49.8. The van der Waals surface area contributed by atoms with E-state index < -0.39 is 71.5 Å². The Morgan fingerprint density at radius 3 is 2.12 bits per heavy atom. The summed E-state index contributed by atoms with van der Waals surface area (Å²) in [4.78, 5) is 94.9. The van der Waals surface area contributed by atoms with Gasteiger partial charge in [-0.05, 0) is 101 Å². The lowest BCUT2D eigenvalue weighted by molar-refractivity contribution is -0.168. The molecule has 2 unspecified atom stereocenters. The maximum absolute atomic E-state index is 14.2. The van der Waals surface area contributed by atoms with E-state index >= 15 is 0 Å². The number of ether oxygens (including phenoxy) is 6. The third-order valence-corrected chi connectivity index (χ3v) is 9.78. The van der Waals surface area contributed by atoms with Gasteiger partial charge in [0.05, 0.1) is 13.7 Å². The van der Waals surface area contributed by atoms with Crippen molar-refractivity contribution in [3.05, 3.63) is 83.2 Å². The van der Waals surface area contributed by atoms with Gasteiger partial charge < -0.3 is 49.2 Å². The number of amides is 4. The number of hydrogen-bond donors (Lipinski definition) is 5. The number of rotatable bonds is 20. The van der Waals surface area contributed by atoms with Crippen molar-refractivity contribution < 1.29 is 62.0 Å². The third kappa shape index (κ3) is 15.8. The summed E-state index contributed by atoms with van der Waals surface area (Å²) in [5, 5.41) is 18.8. The van der Waals surface area contributed by atoms with Gasteiger partial charge in [0.15, 0.2) is 5.69 Å². The van der Waals surface area contributed by atoms with Gasteiger partial charge in [0, 0.05) is 52.4 Å². The van der Waals surface area contributed by atoms with Gasteiger partial charge in [-0.3, -0.25) is 20.3 Å². The number of benzene rings is 2. The van der Waals surface area contributed by atoms with Crippen LogP contribution in [-0.4, -0.2) is 97.5 Å². The van der Waals surface area contributed by atoms with Gasteiger partial charge in [0.1, 0.15) is 35.2 Å². The fourth-order valence-corrected chi connectivity index (χ4v) is 6.02. The number of nitrogens with one attached hydrogen (secondary N) is 5. The van der Waals surface area contributed by atoms with Crippen molar-refractivity contribution in [1.82, 2.24) is 20.9 Å². The molecule has 4 rings (SSSR count). The first-order valence-corrected chi connectivity index (χ1v) is 21.5. The lowest BCUT2D eigenvalue weighted by atomic mass is 9.94. The molecule has 2 aromatic carbocycles. The Kier molecular flexibility index (Phi) is 17.9. The fraction of sp³-hybridized carbons (Fsp3) is 0.438. The Hall–Kier alpha value is -7.15. The molecule has 0 bridgehead atoms. The van der Waals surface area contributed by atoms with Crippen molar-refractivity contribution in [1.29, 1.82) is 5.41 Å². The highest BCUT2D eigenvalue weighted by atomic mass is 16.7. The number of aldehydes is 1. The van der Waals surface area contributed by atoms with Crippen molar-refractivity contribution in [3.63, 3.8) is 0 Å². The van der Waals surface area contributed by atoms with E-state index in [1.165, 1.54) is 75.6 Å². The van der Waals surface area contributed by atoms with Crippen LogP contribution in [0, 0.1) is 22.7 Å². The Balaban J connectivity index is 1.53. The molecule has 1 heterocycles. The molecule has 0 saturated heterocycles. The molecule has 1 aliphatic rings. The van der Waals surface area contributed by atoms with Crippen LogP contribution < -0.4 is 26.0 Å². The highest BCUT2D eigenvalue weighted by Crippen LogP contribution is 2.35. The number of anilines is 1. The second-order valence-corrected chi connectivity index (χ2v) is 17.8. The zero-order valence-electron chi connectivity index (χ0n) is 39.5. The topological polar surface area (TPSA) is 260 Å². The molecule has 1 aromatic heterocycles. The van der Waals surface area contributed by atoms with Crippen molar-refractivity contribution in [2.24, 2.45) is 17.3 Å². The monoisotopic (exact) mass is 928 g/mol. The lowest BCUT2D eigenvalue weighted by Gasteiger charge is -2.25. The molecule has 1 saturated carbocycles. The highest BCUT2D eigenvalue weighted by molar-refractivity contribution is 6.11. The molecule has 0 spiro atoms. The molecule has 0 radical (unpaired) electrons. The van der Waals surface area contributed by atoms with Crippen LogP contribution in [0.25, 0.3) is 17.2 Å². The minimum absolute atomic E-state index is 0.0471. The largest absolute Gasteiger partial charge is 0.496 e. The Morgan fingerprint density at radius 2 is 1.54 bits per heavy atom. The maximum Gasteiger partial charge on any atom is 0.415 e. The summed E-state index contributed by atoms with van der Waals surface area (Å²) in [6, 6.07) is 10.7. The van der Waals surface area contributed by atoms with E-state index in [2.05, 4.69) is 32.8 Å². The first-order valence-electron chi connectivity index (χ1n) is 21.5. The predicted molar refractivity (Wildman–Crippen MR) is 246 cm³/mol. The summed E-state index contributed by atoms with van der Waals surface area (Å²) in [6.45, 7) is 18.7. The van der Waals surface area contributed by atoms with E-state index in [0.29, 0.717) is 23.8 Å². The standard InChI is InChI=1S/C48H60N6O13/c1-12-30-21-35(34(22-37(30)62-11)33-19-20-36(42(57)50-23-29-13-14-29)52-39(33)44(59)64-27(4)63-25-48(9,10)24-55)41(56)51-32-17-15-31(16-18-32)40(49)54-45(60)66-28(5)65-43(58)38(26(2)3)53-46(61)67-47(6,7)8/h12,15-22,24,26-29,38H,1,13-14,23,25H2,2-11H3,(H,50,57)(H,51,56)(H,53,61)(H2,49,54,60)/t27?,28?,38-/m0/s1. The summed E-state index contributed by atoms with van der Waals surface area (Å²) >= 11 is 0. The summed E-state index contributed by atoms with van der Waals surface area (Å²) in [5.74, 6) is -3.10. The minimum Gasteiger partial charge on any atom is -0.496 e. The maximum atomic E-state index is 14.2. The summed E-state index contributed by atoms with van der Waals surface area (Å²) in [6.07, 6.45) is -0.268. The number of methoxy groups -OCH3 is 1. The number of pyridine rings is 1. The quantitative estimate of drug-likeness (QED) is 0.0190. The predicted octanol–water partition coefficient (Wildman–Crippen LogP) is 7.03. The van der Waals surface area contributed by atoms with Gasteiger partial charge in [-0.15, -0.1) is 0 Å². The molecular formula is C48H60N6O13. The van der Waals surface area contributed by atoms with Crippen molar-refractivity contribution in [3.8, 4) is 16.9 Å². The molecule has 5 N–H and O–H groups in total. The van der Waals surface area contributed by atoms with E-state index in [1.807, 2.05) is 0 Å². The average molecular weight is 929 g/mol. The molecule has 4 amide bonds. The van der Waals surface area contributed by atoms with E-state index in [4.69, 9.17) is 33.8 Å². The van der Waals surface area contributed by atoms with Gasteiger partial charge in [-0.1, -0.05) is 40.3 Å². The fourth-order valence-electron chi connectivity index (χ4n) is 6.02. The van der Waals surface area contributed by atoms with Crippen LogP contribution in [-0.2, 0) is 33.3 Å². The number of alkyl carbamates (subject to hydrolysis) is 2. The van der Waals surface area contributed by atoms with Gasteiger partial charge in [-0.2, -0.15) is 0 Å². The first kappa shape index (κ1) is 52.5. The number of carbonyl (C=O) groups is 7. The normalized spacial score (nSPS) is 13.7. The first-order chi connectivity index (χ1) is 31.4. The second-order valence-electron chi connectivity index (χ2n) is 17.8. The van der Waals surface area contributed by atoms with Crippen LogP contribution in [0.2, 0.25) is 0 Å². The average Bonchev–Trinajstić information content (AvgIpc) is 4.10. The smallest absolute Gasteiger partial charge is 0.415 e. The van der Waals surface area contributed by atoms with Gasteiger partial charge >= 0.3 is 24.1 Å². The summed E-state index contributed by atoms with van der Waals surface area (Å²) in [7, 11) is 1.42. The van der Waals surface area contributed by atoms with E-state index in [1.54, 1.807) is 48.5 Å². The Bertz CT molecular complexity index is 2350. The highest BCUT2D eigenvalue weighted by Gasteiger charge is 2.31. The molecule has 0 aliphatic heterocycles. The van der Waals surface area contributed by atoms with Crippen LogP contribution >= 0.6 is 0 Å². The molecule has 1 fully saturated rings. The van der Waals surface area contributed by atoms with Crippen LogP contribution in [0.3, 0.4) is 0 Å². The molecule has 1 aliphatic carbocycles. The van der Waals surface area contributed by atoms with Crippen molar-refractivity contribution in [2.75, 3.05) is 25.6 Å². The number of nitrogens with zero attached hydrogens (tertiary/aromatic N) is 1. The molecule has 19 nitrogen and oxygen atoms in total. The summed E-state index contributed by atoms with van der Waals surface area (Å²) < 4.78 is 32.4. The number of esters is 2. The third-order valence-electron chi connectivity index (χ3n) is 9.78. The van der Waals surface area contributed by atoms with Crippen LogP contribution in [0.5, 0.6) is 5.75 Å². The summed E-state index contributed by atoms with van der Waals surface area (Å²) in [5.41, 5.74) is -0.760. The van der Waals surface area contributed by atoms with Crippen LogP contribution in [0.1, 0.15) is 118 Å². The Labute approximate surface area is 389 Å². The number of hydrogen-bond acceptors (Lipinski definition) is 15. The molecule has 3 aromatic rings. The molecular weight excluding hydrogens is 869 g/mol. The van der Waals surface area contributed by atoms with Crippen molar-refractivity contribution >= 4 is 59.8 Å². The van der Waals surface area contributed by atoms with Crippen molar-refractivity contribution in [2.45, 2.75) is 99.4 Å². The van der Waals surface area contributed by atoms with E-state index in [-0.39, 0.29) is 51.8 Å². The molecule has 360 valence electrons. The number of aromatic nitrogens is 1. The zero-order valence-corrected chi connectivity index (χ0v) is 39.5. The van der Waals surface area contributed by atoms with E-state index in [0.717, 1.165) is 19.1 Å². The number of carbonyl (C=O) groups excluding carboxylic acids is 7. The SMILES string of the molecule is C=Cc1cc(C(=O)Nc2ccc(C(=N)NC(=O)OC(C)OC(=O)[C@@H](NC(=O)OC(C)(C)C)C(C)C)cc2)c(-c2ccc(C(=O)NCC3CC3)nc2C(=O)OC(C)OCC(C)(C)C=O)cc1OC.